The highest BCUT2D eigenvalue weighted by atomic mass is 16.1. The van der Waals surface area contributed by atoms with E-state index >= 15 is 0 Å². The van der Waals surface area contributed by atoms with Crippen LogP contribution in [0.1, 0.15) is 48.5 Å². The second-order valence-electron chi connectivity index (χ2n) is 10.7. The van der Waals surface area contributed by atoms with Gasteiger partial charge in [-0.15, -0.1) is 0 Å². The van der Waals surface area contributed by atoms with Gasteiger partial charge in [0.1, 0.15) is 11.3 Å². The summed E-state index contributed by atoms with van der Waals surface area (Å²) in [4.78, 5) is 39.5. The van der Waals surface area contributed by atoms with Crippen LogP contribution in [-0.2, 0) is 6.54 Å². The van der Waals surface area contributed by atoms with Gasteiger partial charge in [0.2, 0.25) is 0 Å². The second-order valence-corrected chi connectivity index (χ2v) is 10.7. The Morgan fingerprint density at radius 1 is 1.05 bits per heavy atom. The fourth-order valence-corrected chi connectivity index (χ4v) is 5.63. The van der Waals surface area contributed by atoms with Crippen molar-refractivity contribution in [2.45, 2.75) is 52.1 Å². The number of anilines is 2. The van der Waals surface area contributed by atoms with Gasteiger partial charge in [0.25, 0.3) is 5.56 Å². The molecule has 0 amide bonds. The average Bonchev–Trinajstić information content (AvgIpc) is 3.59. The number of rotatable bonds is 6. The number of aromatic nitrogens is 6. The largest absolute Gasteiger partial charge is 0.364 e. The van der Waals surface area contributed by atoms with Crippen molar-refractivity contribution >= 4 is 22.8 Å². The Morgan fingerprint density at radius 2 is 1.84 bits per heavy atom. The first-order valence-electron chi connectivity index (χ1n) is 13.5. The first-order valence-corrected chi connectivity index (χ1v) is 13.5. The molecule has 1 aliphatic carbocycles. The molecule has 0 unspecified atom stereocenters. The number of nitrogens with zero attached hydrogens (tertiary/aromatic N) is 7. The van der Waals surface area contributed by atoms with E-state index in [4.69, 9.17) is 19.9 Å². The Bertz CT molecular complexity index is 1490. The summed E-state index contributed by atoms with van der Waals surface area (Å²) in [7, 11) is 2.15. The van der Waals surface area contributed by atoms with Crippen LogP contribution in [0.25, 0.3) is 22.6 Å². The predicted molar refractivity (Wildman–Crippen MR) is 150 cm³/mol. The SMILES string of the molecule is Cc1cc(C)c(CNc2nc(-c3ccc(N4CCN(C)CC4)nc3)nc3c2ncn3C2CCCC2)c(=O)[nH]1. The molecule has 2 aliphatic rings. The second kappa shape index (κ2) is 10.2. The van der Waals surface area contributed by atoms with Gasteiger partial charge in [-0.1, -0.05) is 12.8 Å². The Kier molecular flexibility index (Phi) is 6.57. The maximum Gasteiger partial charge on any atom is 0.253 e. The lowest BCUT2D eigenvalue weighted by atomic mass is 10.1. The Morgan fingerprint density at radius 3 is 2.55 bits per heavy atom. The summed E-state index contributed by atoms with van der Waals surface area (Å²) in [5.74, 6) is 2.21. The summed E-state index contributed by atoms with van der Waals surface area (Å²) in [6.07, 6.45) is 8.47. The molecule has 0 radical (unpaired) electrons. The molecule has 4 aromatic rings. The number of H-pyrrole nitrogens is 1. The lowest BCUT2D eigenvalue weighted by Crippen LogP contribution is -2.44. The summed E-state index contributed by atoms with van der Waals surface area (Å²) in [5, 5.41) is 3.41. The maximum absolute atomic E-state index is 12.6. The van der Waals surface area contributed by atoms with Crippen LogP contribution in [-0.4, -0.2) is 67.6 Å². The van der Waals surface area contributed by atoms with Crippen molar-refractivity contribution in [1.29, 1.82) is 0 Å². The fraction of sp³-hybridized carbons (Fsp3) is 0.464. The Hall–Kier alpha value is -3.79. The molecule has 1 saturated heterocycles. The van der Waals surface area contributed by atoms with Crippen molar-refractivity contribution in [3.63, 3.8) is 0 Å². The number of aryl methyl sites for hydroxylation is 2. The van der Waals surface area contributed by atoms with Crippen molar-refractivity contribution < 1.29 is 0 Å². The van der Waals surface area contributed by atoms with E-state index in [9.17, 15) is 4.79 Å². The summed E-state index contributed by atoms with van der Waals surface area (Å²) >= 11 is 0. The van der Waals surface area contributed by atoms with Crippen LogP contribution in [0.4, 0.5) is 11.6 Å². The third kappa shape index (κ3) is 4.76. The highest BCUT2D eigenvalue weighted by molar-refractivity contribution is 5.85. The zero-order valence-corrected chi connectivity index (χ0v) is 22.4. The average molecular weight is 514 g/mol. The number of imidazole rings is 1. The normalized spacial score (nSPS) is 17.0. The highest BCUT2D eigenvalue weighted by Crippen LogP contribution is 2.33. The lowest BCUT2D eigenvalue weighted by molar-refractivity contribution is 0.312. The molecule has 2 N–H and O–H groups in total. The molecule has 0 atom stereocenters. The van der Waals surface area contributed by atoms with E-state index in [2.05, 4.69) is 43.8 Å². The number of hydrogen-bond donors (Lipinski definition) is 2. The third-order valence-corrected chi connectivity index (χ3v) is 7.90. The van der Waals surface area contributed by atoms with Crippen LogP contribution < -0.4 is 15.8 Å². The molecule has 38 heavy (non-hydrogen) atoms. The first kappa shape index (κ1) is 24.5. The minimum Gasteiger partial charge on any atom is -0.364 e. The molecule has 10 nitrogen and oxygen atoms in total. The van der Waals surface area contributed by atoms with Gasteiger partial charge in [-0.05, 0) is 57.5 Å². The zero-order valence-electron chi connectivity index (χ0n) is 22.4. The van der Waals surface area contributed by atoms with E-state index in [-0.39, 0.29) is 5.56 Å². The first-order chi connectivity index (χ1) is 18.5. The predicted octanol–water partition coefficient (Wildman–Crippen LogP) is 3.67. The Labute approximate surface area is 222 Å². The summed E-state index contributed by atoms with van der Waals surface area (Å²) in [6.45, 7) is 8.21. The van der Waals surface area contributed by atoms with Gasteiger partial charge < -0.3 is 24.7 Å². The van der Waals surface area contributed by atoms with Gasteiger partial charge in [-0.2, -0.15) is 0 Å². The molecule has 1 aliphatic heterocycles. The third-order valence-electron chi connectivity index (χ3n) is 7.90. The monoisotopic (exact) mass is 513 g/mol. The highest BCUT2D eigenvalue weighted by Gasteiger charge is 2.23. The van der Waals surface area contributed by atoms with Gasteiger partial charge >= 0.3 is 0 Å². The number of piperazine rings is 1. The van der Waals surface area contributed by atoms with Gasteiger partial charge in [0.05, 0.1) is 6.33 Å². The fourth-order valence-electron chi connectivity index (χ4n) is 5.63. The molecular formula is C28H35N9O. The maximum atomic E-state index is 12.6. The van der Waals surface area contributed by atoms with Crippen LogP contribution in [0.2, 0.25) is 0 Å². The minimum absolute atomic E-state index is 0.0827. The standard InChI is InChI=1S/C28H35N9O/c1-18-14-19(2)32-28(38)22(18)16-30-26-24-27(37(17-31-24)21-6-4-5-7-21)34-25(33-26)20-8-9-23(29-15-20)36-12-10-35(3)11-13-36/h8-9,14-15,17,21H,4-7,10-13,16H2,1-3H3,(H,32,38)(H,30,33,34). The molecule has 0 bridgehead atoms. The molecule has 198 valence electrons. The molecule has 0 aromatic carbocycles. The number of fused-ring (bicyclic) bond motifs is 1. The van der Waals surface area contributed by atoms with Crippen LogP contribution in [0.5, 0.6) is 0 Å². The van der Waals surface area contributed by atoms with Crippen LogP contribution in [0.15, 0.2) is 35.5 Å². The number of aromatic amines is 1. The van der Waals surface area contributed by atoms with Gasteiger partial charge in [0.15, 0.2) is 17.3 Å². The molecule has 5 heterocycles. The van der Waals surface area contributed by atoms with Crippen molar-refractivity contribution in [3.05, 3.63) is 57.9 Å². The minimum atomic E-state index is -0.0827. The molecule has 2 fully saturated rings. The van der Waals surface area contributed by atoms with Crippen molar-refractivity contribution in [3.8, 4) is 11.4 Å². The van der Waals surface area contributed by atoms with Crippen LogP contribution >= 0.6 is 0 Å². The molecule has 1 saturated carbocycles. The smallest absolute Gasteiger partial charge is 0.253 e. The molecule has 6 rings (SSSR count). The molecule has 10 heteroatoms. The molecule has 0 spiro atoms. The lowest BCUT2D eigenvalue weighted by Gasteiger charge is -2.33. The zero-order chi connectivity index (χ0) is 26.2. The van der Waals surface area contributed by atoms with E-state index in [0.29, 0.717) is 29.8 Å². The molecular weight excluding hydrogens is 478 g/mol. The van der Waals surface area contributed by atoms with Crippen molar-refractivity contribution in [2.24, 2.45) is 0 Å². The summed E-state index contributed by atoms with van der Waals surface area (Å²) in [5.41, 5.74) is 4.82. The van der Waals surface area contributed by atoms with Gasteiger partial charge in [-0.3, -0.25) is 4.79 Å². The van der Waals surface area contributed by atoms with Crippen LogP contribution in [0, 0.1) is 13.8 Å². The van der Waals surface area contributed by atoms with Gasteiger partial charge in [-0.25, -0.2) is 19.9 Å². The quantitative estimate of drug-likeness (QED) is 0.402. The van der Waals surface area contributed by atoms with Crippen molar-refractivity contribution in [2.75, 3.05) is 43.4 Å². The summed E-state index contributed by atoms with van der Waals surface area (Å²) in [6, 6.07) is 6.50. The number of pyridine rings is 2. The number of likely N-dealkylation sites (N-methyl/N-ethyl adjacent to an activating group) is 1. The Balaban J connectivity index is 1.35. The molecule has 4 aromatic heterocycles. The topological polar surface area (TPSA) is 108 Å². The number of nitrogens with one attached hydrogen (secondary N) is 2. The van der Waals surface area contributed by atoms with Crippen molar-refractivity contribution in [1.82, 2.24) is 34.4 Å². The summed E-state index contributed by atoms with van der Waals surface area (Å²) < 4.78 is 2.20. The van der Waals surface area contributed by atoms with E-state index in [1.54, 1.807) is 0 Å². The van der Waals surface area contributed by atoms with E-state index in [1.807, 2.05) is 32.4 Å². The van der Waals surface area contributed by atoms with E-state index in [1.165, 1.54) is 12.8 Å². The van der Waals surface area contributed by atoms with E-state index < -0.39 is 0 Å². The van der Waals surface area contributed by atoms with Gasteiger partial charge in [0, 0.05) is 61.8 Å². The van der Waals surface area contributed by atoms with E-state index in [0.717, 1.165) is 72.8 Å². The number of hydrogen-bond acceptors (Lipinski definition) is 8. The van der Waals surface area contributed by atoms with Crippen LogP contribution in [0.3, 0.4) is 0 Å².